The van der Waals surface area contributed by atoms with E-state index in [2.05, 4.69) is 78.0 Å². The van der Waals surface area contributed by atoms with E-state index >= 15 is 0 Å². The number of hydrogen-bond acceptors (Lipinski definition) is 2. The monoisotopic (exact) mass is 317 g/mol. The third kappa shape index (κ3) is 4.16. The molecular formula is C21H35NO. The Morgan fingerprint density at radius 2 is 1.78 bits per heavy atom. The van der Waals surface area contributed by atoms with Gasteiger partial charge >= 0.3 is 0 Å². The van der Waals surface area contributed by atoms with Crippen LogP contribution in [0.15, 0.2) is 24.3 Å². The average molecular weight is 318 g/mol. The summed E-state index contributed by atoms with van der Waals surface area (Å²) in [5.74, 6) is 1.06. The van der Waals surface area contributed by atoms with Crippen molar-refractivity contribution in [3.63, 3.8) is 0 Å². The molecule has 130 valence electrons. The van der Waals surface area contributed by atoms with E-state index in [0.29, 0.717) is 24.0 Å². The van der Waals surface area contributed by atoms with Crippen LogP contribution >= 0.6 is 0 Å². The maximum absolute atomic E-state index is 6.08. The molecule has 0 radical (unpaired) electrons. The lowest BCUT2D eigenvalue weighted by Crippen LogP contribution is -2.54. The van der Waals surface area contributed by atoms with E-state index in [9.17, 15) is 0 Å². The summed E-state index contributed by atoms with van der Waals surface area (Å²) >= 11 is 0. The van der Waals surface area contributed by atoms with Gasteiger partial charge < -0.3 is 10.1 Å². The summed E-state index contributed by atoms with van der Waals surface area (Å²) in [6, 6.07) is 9.71. The van der Waals surface area contributed by atoms with Gasteiger partial charge in [-0.2, -0.15) is 0 Å². The Hall–Kier alpha value is -0.860. The van der Waals surface area contributed by atoms with E-state index in [0.717, 1.165) is 13.0 Å². The smallest absolute Gasteiger partial charge is 0.0710 e. The minimum absolute atomic E-state index is 0.248. The van der Waals surface area contributed by atoms with E-state index in [1.807, 2.05) is 0 Å². The lowest BCUT2D eigenvalue weighted by Gasteiger charge is -2.41. The van der Waals surface area contributed by atoms with E-state index in [1.165, 1.54) is 11.1 Å². The van der Waals surface area contributed by atoms with Crippen molar-refractivity contribution < 1.29 is 4.74 Å². The van der Waals surface area contributed by atoms with Crippen molar-refractivity contribution in [3.05, 3.63) is 35.4 Å². The van der Waals surface area contributed by atoms with Gasteiger partial charge in [-0.1, -0.05) is 58.9 Å². The van der Waals surface area contributed by atoms with E-state index in [-0.39, 0.29) is 11.5 Å². The molecule has 4 unspecified atom stereocenters. The molecule has 1 aromatic carbocycles. The minimum Gasteiger partial charge on any atom is -0.373 e. The number of rotatable bonds is 5. The highest BCUT2D eigenvalue weighted by atomic mass is 16.5. The van der Waals surface area contributed by atoms with E-state index in [1.54, 1.807) is 0 Å². The molecule has 1 fully saturated rings. The fourth-order valence-electron chi connectivity index (χ4n) is 3.75. The summed E-state index contributed by atoms with van der Waals surface area (Å²) in [7, 11) is 0. The van der Waals surface area contributed by atoms with E-state index < -0.39 is 0 Å². The molecule has 0 spiro atoms. The fourth-order valence-corrected chi connectivity index (χ4v) is 3.75. The van der Waals surface area contributed by atoms with Gasteiger partial charge in [0.2, 0.25) is 0 Å². The van der Waals surface area contributed by atoms with Crippen molar-refractivity contribution in [1.29, 1.82) is 0 Å². The third-order valence-electron chi connectivity index (χ3n) is 5.66. The molecule has 1 N–H and O–H groups in total. The Kier molecular flexibility index (Phi) is 5.91. The van der Waals surface area contributed by atoms with Crippen molar-refractivity contribution in [1.82, 2.24) is 5.32 Å². The second-order valence-corrected chi connectivity index (χ2v) is 8.22. The predicted molar refractivity (Wildman–Crippen MR) is 99.1 cm³/mol. The zero-order valence-corrected chi connectivity index (χ0v) is 16.0. The highest BCUT2D eigenvalue weighted by Gasteiger charge is 2.34. The van der Waals surface area contributed by atoms with Crippen molar-refractivity contribution in [3.8, 4) is 0 Å². The number of hydrogen-bond donors (Lipinski definition) is 1. The molecule has 2 heteroatoms. The Morgan fingerprint density at radius 1 is 1.17 bits per heavy atom. The van der Waals surface area contributed by atoms with Crippen LogP contribution in [0.2, 0.25) is 0 Å². The number of benzene rings is 1. The zero-order valence-electron chi connectivity index (χ0n) is 16.0. The summed E-state index contributed by atoms with van der Waals surface area (Å²) in [6.07, 6.45) is 1.71. The van der Waals surface area contributed by atoms with Crippen molar-refractivity contribution >= 4 is 0 Å². The van der Waals surface area contributed by atoms with Gasteiger partial charge in [-0.05, 0) is 42.7 Å². The number of nitrogens with one attached hydrogen (secondary N) is 1. The Morgan fingerprint density at radius 3 is 2.26 bits per heavy atom. The average Bonchev–Trinajstić information content (AvgIpc) is 2.50. The van der Waals surface area contributed by atoms with Gasteiger partial charge in [0.15, 0.2) is 0 Å². The summed E-state index contributed by atoms with van der Waals surface area (Å²) in [5.41, 5.74) is 3.11. The van der Waals surface area contributed by atoms with Crippen LogP contribution in [0.5, 0.6) is 0 Å². The molecule has 0 bridgehead atoms. The lowest BCUT2D eigenvalue weighted by atomic mass is 9.77. The molecule has 0 aromatic heterocycles. The molecule has 1 saturated heterocycles. The number of ether oxygens (including phenoxy) is 1. The van der Waals surface area contributed by atoms with Gasteiger partial charge in [-0.3, -0.25) is 0 Å². The number of morpholine rings is 1. The maximum Gasteiger partial charge on any atom is 0.0710 e. The molecular weight excluding hydrogens is 282 g/mol. The van der Waals surface area contributed by atoms with Gasteiger partial charge in [0.05, 0.1) is 12.2 Å². The molecule has 1 heterocycles. The quantitative estimate of drug-likeness (QED) is 0.835. The Bertz CT molecular complexity index is 491. The first-order chi connectivity index (χ1) is 10.8. The van der Waals surface area contributed by atoms with Crippen LogP contribution in [0.4, 0.5) is 0 Å². The van der Waals surface area contributed by atoms with Crippen LogP contribution in [0.1, 0.15) is 71.9 Å². The van der Waals surface area contributed by atoms with Crippen LogP contribution < -0.4 is 5.32 Å². The first-order valence-electron chi connectivity index (χ1n) is 9.25. The first-order valence-corrected chi connectivity index (χ1v) is 9.25. The molecule has 1 aliphatic rings. The second-order valence-electron chi connectivity index (χ2n) is 8.22. The minimum atomic E-state index is 0.248. The van der Waals surface area contributed by atoms with Crippen LogP contribution in [0.3, 0.4) is 0 Å². The molecule has 0 aliphatic carbocycles. The molecule has 23 heavy (non-hydrogen) atoms. The normalized spacial score (nSPS) is 27.2. The lowest BCUT2D eigenvalue weighted by molar-refractivity contribution is -0.0530. The largest absolute Gasteiger partial charge is 0.373 e. The van der Waals surface area contributed by atoms with Crippen LogP contribution in [0.25, 0.3) is 0 Å². The van der Waals surface area contributed by atoms with Crippen LogP contribution in [-0.2, 0) is 10.2 Å². The Balaban J connectivity index is 2.25. The topological polar surface area (TPSA) is 21.3 Å². The standard InChI is InChI=1S/C21H35NO/c1-8-21(6,7)18-11-9-17(10-12-18)19(14(2)3)20-16(5)23-15(4)13-22-20/h9-12,14-16,19-20,22H,8,13H2,1-7H3. The van der Waals surface area contributed by atoms with Crippen LogP contribution in [0, 0.1) is 5.92 Å². The summed E-state index contributed by atoms with van der Waals surface area (Å²) in [4.78, 5) is 0. The Labute approximate surface area is 143 Å². The molecule has 2 rings (SSSR count). The summed E-state index contributed by atoms with van der Waals surface area (Å²) in [5, 5.41) is 3.73. The molecule has 1 aliphatic heterocycles. The molecule has 2 nitrogen and oxygen atoms in total. The molecule has 1 aromatic rings. The molecule has 0 amide bonds. The zero-order chi connectivity index (χ0) is 17.2. The van der Waals surface area contributed by atoms with Crippen molar-refractivity contribution in [2.24, 2.45) is 5.92 Å². The first kappa shape index (κ1) is 18.5. The highest BCUT2D eigenvalue weighted by molar-refractivity contribution is 5.31. The van der Waals surface area contributed by atoms with E-state index in [4.69, 9.17) is 4.74 Å². The summed E-state index contributed by atoms with van der Waals surface area (Å²) in [6.45, 7) is 16.8. The van der Waals surface area contributed by atoms with Crippen LogP contribution in [-0.4, -0.2) is 24.8 Å². The van der Waals surface area contributed by atoms with Gasteiger partial charge in [-0.15, -0.1) is 0 Å². The molecule has 4 atom stereocenters. The van der Waals surface area contributed by atoms with Gasteiger partial charge in [-0.25, -0.2) is 0 Å². The van der Waals surface area contributed by atoms with Gasteiger partial charge in [0.1, 0.15) is 0 Å². The highest BCUT2D eigenvalue weighted by Crippen LogP contribution is 2.34. The summed E-state index contributed by atoms with van der Waals surface area (Å²) < 4.78 is 6.08. The predicted octanol–water partition coefficient (Wildman–Crippen LogP) is 4.88. The second kappa shape index (κ2) is 7.36. The fraction of sp³-hybridized carbons (Fsp3) is 0.714. The van der Waals surface area contributed by atoms with Gasteiger partial charge in [0, 0.05) is 18.5 Å². The van der Waals surface area contributed by atoms with Crippen molar-refractivity contribution in [2.75, 3.05) is 6.54 Å². The SMILES string of the molecule is CCC(C)(C)c1ccc(C(C(C)C)C2NCC(C)OC2C)cc1. The third-order valence-corrected chi connectivity index (χ3v) is 5.66. The maximum atomic E-state index is 6.08. The van der Waals surface area contributed by atoms with Crippen molar-refractivity contribution in [2.45, 2.75) is 84.5 Å². The molecule has 0 saturated carbocycles. The van der Waals surface area contributed by atoms with Gasteiger partial charge in [0.25, 0.3) is 0 Å².